The van der Waals surface area contributed by atoms with Gasteiger partial charge in [-0.15, -0.1) is 0 Å². The van der Waals surface area contributed by atoms with E-state index in [0.29, 0.717) is 12.2 Å². The Kier molecular flexibility index (Phi) is 4.34. The predicted molar refractivity (Wildman–Crippen MR) is 77.9 cm³/mol. The van der Waals surface area contributed by atoms with Crippen molar-refractivity contribution in [1.29, 1.82) is 0 Å². The highest BCUT2D eigenvalue weighted by atomic mass is 127. The fourth-order valence-electron chi connectivity index (χ4n) is 1.58. The Labute approximate surface area is 123 Å². The summed E-state index contributed by atoms with van der Waals surface area (Å²) >= 11 is 2.22. The number of anilines is 1. The molecule has 100 valence electrons. The van der Waals surface area contributed by atoms with Crippen LogP contribution >= 0.6 is 22.6 Å². The van der Waals surface area contributed by atoms with Gasteiger partial charge in [0.1, 0.15) is 0 Å². The standard InChI is InChI=1S/C14H11F3IN/c15-14(16,17)11-3-7-13(8-4-11)19-9-10-1-5-12(18)6-2-10/h1-8,19H,9H2. The van der Waals surface area contributed by atoms with Gasteiger partial charge in [-0.3, -0.25) is 0 Å². The van der Waals surface area contributed by atoms with Gasteiger partial charge in [-0.1, -0.05) is 12.1 Å². The number of hydrogen-bond acceptors (Lipinski definition) is 1. The Hall–Kier alpha value is -1.24. The van der Waals surface area contributed by atoms with Crippen LogP contribution in [0.1, 0.15) is 11.1 Å². The van der Waals surface area contributed by atoms with Crippen LogP contribution in [0, 0.1) is 3.57 Å². The molecule has 0 saturated carbocycles. The van der Waals surface area contributed by atoms with Gasteiger partial charge in [0.15, 0.2) is 0 Å². The first-order chi connectivity index (χ1) is 8.95. The third-order valence-electron chi connectivity index (χ3n) is 2.62. The fourth-order valence-corrected chi connectivity index (χ4v) is 1.94. The lowest BCUT2D eigenvalue weighted by atomic mass is 10.2. The van der Waals surface area contributed by atoms with Crippen molar-refractivity contribution in [1.82, 2.24) is 0 Å². The number of nitrogens with one attached hydrogen (secondary N) is 1. The van der Waals surface area contributed by atoms with Crippen LogP contribution in [0.25, 0.3) is 0 Å². The van der Waals surface area contributed by atoms with Crippen molar-refractivity contribution in [2.75, 3.05) is 5.32 Å². The van der Waals surface area contributed by atoms with E-state index >= 15 is 0 Å². The zero-order chi connectivity index (χ0) is 13.9. The van der Waals surface area contributed by atoms with Gasteiger partial charge in [0.05, 0.1) is 5.56 Å². The van der Waals surface area contributed by atoms with Gasteiger partial charge in [-0.05, 0) is 64.6 Å². The normalized spacial score (nSPS) is 11.4. The van der Waals surface area contributed by atoms with E-state index in [4.69, 9.17) is 0 Å². The molecular weight excluding hydrogens is 366 g/mol. The molecule has 0 fully saturated rings. The molecule has 0 heterocycles. The number of benzene rings is 2. The first-order valence-electron chi connectivity index (χ1n) is 5.61. The maximum absolute atomic E-state index is 12.4. The summed E-state index contributed by atoms with van der Waals surface area (Å²) in [4.78, 5) is 0. The van der Waals surface area contributed by atoms with Gasteiger partial charge in [-0.25, -0.2) is 0 Å². The van der Waals surface area contributed by atoms with E-state index in [1.54, 1.807) is 0 Å². The molecule has 0 unspecified atom stereocenters. The fraction of sp³-hybridized carbons (Fsp3) is 0.143. The lowest BCUT2D eigenvalue weighted by Gasteiger charge is -2.09. The third kappa shape index (κ3) is 4.12. The van der Waals surface area contributed by atoms with Gasteiger partial charge in [-0.2, -0.15) is 13.2 Å². The van der Waals surface area contributed by atoms with Crippen LogP contribution in [0.15, 0.2) is 48.5 Å². The second kappa shape index (κ2) is 5.81. The van der Waals surface area contributed by atoms with Crippen LogP contribution in [0.2, 0.25) is 0 Å². The maximum atomic E-state index is 12.4. The molecule has 0 spiro atoms. The Morgan fingerprint density at radius 3 is 2.00 bits per heavy atom. The molecule has 2 rings (SSSR count). The second-order valence-corrected chi connectivity index (χ2v) is 5.30. The molecule has 0 aromatic heterocycles. The number of alkyl halides is 3. The summed E-state index contributed by atoms with van der Waals surface area (Å²) in [5.74, 6) is 0. The molecule has 5 heteroatoms. The van der Waals surface area contributed by atoms with Gasteiger partial charge >= 0.3 is 6.18 Å². The predicted octanol–water partition coefficient (Wildman–Crippen LogP) is 4.92. The van der Waals surface area contributed by atoms with Crippen molar-refractivity contribution >= 4 is 28.3 Å². The van der Waals surface area contributed by atoms with Crippen LogP contribution in [0.3, 0.4) is 0 Å². The maximum Gasteiger partial charge on any atom is 0.416 e. The molecule has 0 aliphatic heterocycles. The molecule has 0 bridgehead atoms. The van der Waals surface area contributed by atoms with Crippen LogP contribution in [0.4, 0.5) is 18.9 Å². The zero-order valence-electron chi connectivity index (χ0n) is 9.84. The summed E-state index contributed by atoms with van der Waals surface area (Å²) in [6.07, 6.45) is -4.28. The van der Waals surface area contributed by atoms with Crippen molar-refractivity contribution in [2.45, 2.75) is 12.7 Å². The summed E-state index contributed by atoms with van der Waals surface area (Å²) in [6.45, 7) is 0.586. The zero-order valence-corrected chi connectivity index (χ0v) is 12.0. The first kappa shape index (κ1) is 14.2. The minimum absolute atomic E-state index is 0.586. The van der Waals surface area contributed by atoms with Gasteiger partial charge in [0, 0.05) is 15.8 Å². The molecule has 2 aromatic carbocycles. The monoisotopic (exact) mass is 377 g/mol. The lowest BCUT2D eigenvalue weighted by Crippen LogP contribution is -2.05. The number of hydrogen-bond donors (Lipinski definition) is 1. The van der Waals surface area contributed by atoms with Gasteiger partial charge in [0.2, 0.25) is 0 Å². The quantitative estimate of drug-likeness (QED) is 0.749. The summed E-state index contributed by atoms with van der Waals surface area (Å²) < 4.78 is 38.3. The summed E-state index contributed by atoms with van der Waals surface area (Å²) in [5.41, 5.74) is 1.12. The number of halogens is 4. The molecule has 0 atom stereocenters. The molecule has 19 heavy (non-hydrogen) atoms. The van der Waals surface area contributed by atoms with Crippen LogP contribution < -0.4 is 5.32 Å². The van der Waals surface area contributed by atoms with Crippen LogP contribution in [-0.2, 0) is 12.7 Å². The van der Waals surface area contributed by atoms with E-state index in [-0.39, 0.29) is 0 Å². The summed E-state index contributed by atoms with van der Waals surface area (Å²) in [7, 11) is 0. The Morgan fingerprint density at radius 2 is 1.47 bits per heavy atom. The Bertz CT molecular complexity index is 532. The van der Waals surface area contributed by atoms with E-state index in [1.165, 1.54) is 12.1 Å². The molecule has 0 saturated heterocycles. The molecule has 0 amide bonds. The van der Waals surface area contributed by atoms with E-state index in [0.717, 1.165) is 21.3 Å². The van der Waals surface area contributed by atoms with E-state index in [1.807, 2.05) is 24.3 Å². The average Bonchev–Trinajstić information content (AvgIpc) is 2.37. The topological polar surface area (TPSA) is 12.0 Å². The van der Waals surface area contributed by atoms with E-state index in [2.05, 4.69) is 27.9 Å². The summed E-state index contributed by atoms with van der Waals surface area (Å²) in [5, 5.41) is 3.09. The molecule has 2 aromatic rings. The van der Waals surface area contributed by atoms with E-state index < -0.39 is 11.7 Å². The molecule has 0 aliphatic carbocycles. The molecular formula is C14H11F3IN. The minimum atomic E-state index is -4.28. The van der Waals surface area contributed by atoms with Crippen LogP contribution in [-0.4, -0.2) is 0 Å². The average molecular weight is 377 g/mol. The SMILES string of the molecule is FC(F)(F)c1ccc(NCc2ccc(I)cc2)cc1. The summed E-state index contributed by atoms with van der Waals surface area (Å²) in [6, 6.07) is 13.0. The first-order valence-corrected chi connectivity index (χ1v) is 6.68. The number of rotatable bonds is 3. The highest BCUT2D eigenvalue weighted by Gasteiger charge is 2.29. The van der Waals surface area contributed by atoms with Crippen molar-refractivity contribution in [2.24, 2.45) is 0 Å². The van der Waals surface area contributed by atoms with Crippen molar-refractivity contribution in [3.8, 4) is 0 Å². The molecule has 0 aliphatic rings. The van der Waals surface area contributed by atoms with Gasteiger partial charge in [0.25, 0.3) is 0 Å². The largest absolute Gasteiger partial charge is 0.416 e. The highest BCUT2D eigenvalue weighted by molar-refractivity contribution is 14.1. The van der Waals surface area contributed by atoms with Crippen molar-refractivity contribution in [3.05, 3.63) is 63.2 Å². The molecule has 1 nitrogen and oxygen atoms in total. The third-order valence-corrected chi connectivity index (χ3v) is 3.34. The minimum Gasteiger partial charge on any atom is -0.381 e. The Balaban J connectivity index is 1.98. The van der Waals surface area contributed by atoms with Crippen LogP contribution in [0.5, 0.6) is 0 Å². The van der Waals surface area contributed by atoms with Crippen molar-refractivity contribution < 1.29 is 13.2 Å². The highest BCUT2D eigenvalue weighted by Crippen LogP contribution is 2.29. The second-order valence-electron chi connectivity index (χ2n) is 4.06. The lowest BCUT2D eigenvalue weighted by molar-refractivity contribution is -0.137. The smallest absolute Gasteiger partial charge is 0.381 e. The molecule has 0 radical (unpaired) electrons. The Morgan fingerprint density at radius 1 is 0.895 bits per heavy atom. The van der Waals surface area contributed by atoms with Gasteiger partial charge < -0.3 is 5.32 Å². The van der Waals surface area contributed by atoms with Crippen molar-refractivity contribution in [3.63, 3.8) is 0 Å². The molecule has 1 N–H and O–H groups in total. The van der Waals surface area contributed by atoms with E-state index in [9.17, 15) is 13.2 Å².